The number of hydrogen-bond acceptors (Lipinski definition) is 7. The molecule has 180 valence electrons. The molecule has 8 heteroatoms. The number of phenolic OH excluding ortho intramolecular Hbond substituents is 1. The van der Waals surface area contributed by atoms with E-state index < -0.39 is 17.1 Å². The minimum Gasteiger partial charge on any atom is -0.504 e. The van der Waals surface area contributed by atoms with Gasteiger partial charge < -0.3 is 20.3 Å². The van der Waals surface area contributed by atoms with Gasteiger partial charge in [0.1, 0.15) is 12.2 Å². The smallest absolute Gasteiger partial charge is 0.253 e. The van der Waals surface area contributed by atoms with Gasteiger partial charge in [-0.1, -0.05) is 6.07 Å². The largest absolute Gasteiger partial charge is 0.504 e. The van der Waals surface area contributed by atoms with Crippen LogP contribution in [-0.2, 0) is 11.8 Å². The van der Waals surface area contributed by atoms with Crippen LogP contribution >= 0.6 is 0 Å². The summed E-state index contributed by atoms with van der Waals surface area (Å²) >= 11 is 0. The predicted molar refractivity (Wildman–Crippen MR) is 125 cm³/mol. The maximum atomic E-state index is 13.2. The van der Waals surface area contributed by atoms with Crippen molar-refractivity contribution in [3.05, 3.63) is 52.8 Å². The molecule has 5 aliphatic rings. The van der Waals surface area contributed by atoms with Crippen LogP contribution < -0.4 is 10.1 Å². The normalized spacial score (nSPS) is 34.5. The van der Waals surface area contributed by atoms with Crippen LogP contribution in [0.15, 0.2) is 30.6 Å². The van der Waals surface area contributed by atoms with Gasteiger partial charge >= 0.3 is 0 Å². The Balaban J connectivity index is 1.30. The van der Waals surface area contributed by atoms with E-state index in [1.807, 2.05) is 12.1 Å². The van der Waals surface area contributed by atoms with Gasteiger partial charge in [-0.15, -0.1) is 0 Å². The number of benzene rings is 1. The van der Waals surface area contributed by atoms with Crippen molar-refractivity contribution < 1.29 is 19.7 Å². The number of nitrogens with zero attached hydrogens (tertiary/aromatic N) is 3. The SMILES string of the molecule is N#Cc1cnccc1C(=O)N[C@@H]1CC[C@@]2(O)[C@H]3Cc4ccc(O)c5c4[C@@]2(CCN3CC2CC2)[C@H]1O5. The van der Waals surface area contributed by atoms with Crippen LogP contribution in [0.25, 0.3) is 0 Å². The highest BCUT2D eigenvalue weighted by atomic mass is 16.5. The zero-order valence-electron chi connectivity index (χ0n) is 19.4. The molecule has 3 N–H and O–H groups in total. The van der Waals surface area contributed by atoms with Crippen LogP contribution in [0.1, 0.15) is 59.2 Å². The number of carbonyl (C=O) groups excluding carboxylic acids is 1. The number of pyridine rings is 1. The number of hydrogen-bond donors (Lipinski definition) is 3. The molecule has 1 saturated heterocycles. The van der Waals surface area contributed by atoms with Crippen molar-refractivity contribution in [3.63, 3.8) is 0 Å². The summed E-state index contributed by atoms with van der Waals surface area (Å²) in [6, 6.07) is 6.88. The molecule has 1 spiro atoms. The first-order chi connectivity index (χ1) is 17.0. The maximum Gasteiger partial charge on any atom is 0.253 e. The van der Waals surface area contributed by atoms with E-state index in [2.05, 4.69) is 15.2 Å². The van der Waals surface area contributed by atoms with E-state index >= 15 is 0 Å². The van der Waals surface area contributed by atoms with Crippen molar-refractivity contribution in [2.75, 3.05) is 13.1 Å². The molecule has 3 heterocycles. The lowest BCUT2D eigenvalue weighted by atomic mass is 9.48. The van der Waals surface area contributed by atoms with Gasteiger partial charge in [0.25, 0.3) is 5.91 Å². The lowest BCUT2D eigenvalue weighted by molar-refractivity contribution is -0.191. The van der Waals surface area contributed by atoms with E-state index in [0.29, 0.717) is 25.0 Å². The third kappa shape index (κ3) is 2.74. The highest BCUT2D eigenvalue weighted by Crippen LogP contribution is 2.65. The Morgan fingerprint density at radius 1 is 1.29 bits per heavy atom. The zero-order valence-corrected chi connectivity index (χ0v) is 19.4. The minimum atomic E-state index is -0.993. The van der Waals surface area contributed by atoms with Crippen molar-refractivity contribution in [1.82, 2.24) is 15.2 Å². The summed E-state index contributed by atoms with van der Waals surface area (Å²) < 4.78 is 6.49. The lowest BCUT2D eigenvalue weighted by Gasteiger charge is -2.64. The number of phenols is 1. The Morgan fingerprint density at radius 2 is 2.14 bits per heavy atom. The molecule has 5 atom stereocenters. The number of nitriles is 1. The number of aromatic nitrogens is 1. The summed E-state index contributed by atoms with van der Waals surface area (Å²) in [5, 5.41) is 35.8. The first-order valence-electron chi connectivity index (χ1n) is 12.6. The number of ether oxygens (including phenoxy) is 1. The molecule has 7 rings (SSSR count). The molecule has 0 radical (unpaired) electrons. The molecule has 35 heavy (non-hydrogen) atoms. The summed E-state index contributed by atoms with van der Waals surface area (Å²) in [5.41, 5.74) is 0.882. The highest BCUT2D eigenvalue weighted by molar-refractivity contribution is 5.96. The fourth-order valence-corrected chi connectivity index (χ4v) is 7.56. The van der Waals surface area contributed by atoms with E-state index in [1.165, 1.54) is 25.2 Å². The number of rotatable bonds is 4. The maximum absolute atomic E-state index is 13.2. The van der Waals surface area contributed by atoms with Gasteiger partial charge in [-0.2, -0.15) is 5.26 Å². The number of likely N-dealkylation sites (tertiary alicyclic amines) is 1. The Morgan fingerprint density at radius 3 is 2.94 bits per heavy atom. The molecule has 1 aromatic carbocycles. The molecule has 2 saturated carbocycles. The molecular weight excluding hydrogens is 444 g/mol. The lowest BCUT2D eigenvalue weighted by Crippen LogP contribution is -2.78. The Kier molecular flexibility index (Phi) is 4.34. The average Bonchev–Trinajstić information content (AvgIpc) is 3.60. The van der Waals surface area contributed by atoms with E-state index in [4.69, 9.17) is 4.74 Å². The molecule has 2 bridgehead atoms. The summed E-state index contributed by atoms with van der Waals surface area (Å²) in [4.78, 5) is 19.7. The average molecular weight is 473 g/mol. The van der Waals surface area contributed by atoms with Crippen LogP contribution in [0.3, 0.4) is 0 Å². The van der Waals surface area contributed by atoms with Gasteiger partial charge in [0.05, 0.1) is 28.2 Å². The van der Waals surface area contributed by atoms with Crippen LogP contribution in [0.4, 0.5) is 0 Å². The number of nitrogens with one attached hydrogen (secondary N) is 1. The van der Waals surface area contributed by atoms with Crippen molar-refractivity contribution in [2.45, 2.75) is 67.7 Å². The molecule has 3 aliphatic carbocycles. The Hall–Kier alpha value is -3.15. The summed E-state index contributed by atoms with van der Waals surface area (Å²) in [7, 11) is 0. The molecular formula is C27H28N4O4. The first-order valence-corrected chi connectivity index (χ1v) is 12.6. The number of aromatic hydroxyl groups is 1. The third-order valence-corrected chi connectivity index (χ3v) is 9.27. The predicted octanol–water partition coefficient (Wildman–Crippen LogP) is 2.02. The van der Waals surface area contributed by atoms with E-state index in [1.54, 1.807) is 12.1 Å². The van der Waals surface area contributed by atoms with Crippen molar-refractivity contribution in [3.8, 4) is 17.6 Å². The first kappa shape index (κ1) is 21.2. The van der Waals surface area contributed by atoms with E-state index in [-0.39, 0.29) is 34.9 Å². The van der Waals surface area contributed by atoms with E-state index in [0.717, 1.165) is 36.6 Å². The minimum absolute atomic E-state index is 0.00650. The Labute approximate surface area is 203 Å². The van der Waals surface area contributed by atoms with Crippen molar-refractivity contribution in [2.24, 2.45) is 5.92 Å². The summed E-state index contributed by atoms with van der Waals surface area (Å²) in [6.45, 7) is 1.88. The quantitative estimate of drug-likeness (QED) is 0.623. The fraction of sp³-hybridized carbons (Fsp3) is 0.519. The standard InChI is InChI=1S/C27H28N4O4/c28-12-17-13-29-9-6-18(17)25(33)30-19-5-7-27(34)21-11-16-3-4-20(32)23-22(16)26(27,24(19)35-23)8-10-31(21)14-15-1-2-15/h3-4,6,9,13,15,19,21,24,32,34H,1-2,5,7-8,10-11,14H2,(H,30,33)/t19-,21-,24+,26+,27-/m1/s1. The zero-order chi connectivity index (χ0) is 23.9. The molecule has 8 nitrogen and oxygen atoms in total. The number of piperidine rings is 1. The second-order valence-corrected chi connectivity index (χ2v) is 10.9. The fourth-order valence-electron chi connectivity index (χ4n) is 7.56. The van der Waals surface area contributed by atoms with Gasteiger partial charge in [0.15, 0.2) is 11.5 Å². The van der Waals surface area contributed by atoms with Crippen LogP contribution in [0.5, 0.6) is 11.5 Å². The van der Waals surface area contributed by atoms with Gasteiger partial charge in [-0.05, 0) is 68.7 Å². The van der Waals surface area contributed by atoms with Crippen molar-refractivity contribution >= 4 is 5.91 Å². The number of amides is 1. The van der Waals surface area contributed by atoms with Crippen LogP contribution in [-0.4, -0.2) is 62.9 Å². The summed E-state index contributed by atoms with van der Waals surface area (Å²) in [6.07, 6.45) is 7.48. The molecule has 2 aromatic rings. The molecule has 3 fully saturated rings. The van der Waals surface area contributed by atoms with Gasteiger partial charge in [0.2, 0.25) is 0 Å². The topological polar surface area (TPSA) is 119 Å². The van der Waals surface area contributed by atoms with Crippen molar-refractivity contribution in [1.29, 1.82) is 5.26 Å². The monoisotopic (exact) mass is 472 g/mol. The molecule has 1 aromatic heterocycles. The van der Waals surface area contributed by atoms with Gasteiger partial charge in [-0.25, -0.2) is 0 Å². The number of aliphatic hydroxyl groups is 1. The molecule has 0 unspecified atom stereocenters. The van der Waals surface area contributed by atoms with Crippen LogP contribution in [0.2, 0.25) is 0 Å². The third-order valence-electron chi connectivity index (χ3n) is 9.27. The second kappa shape index (κ2) is 7.19. The molecule has 2 aliphatic heterocycles. The Bertz CT molecular complexity index is 1290. The molecule has 1 amide bonds. The van der Waals surface area contributed by atoms with Gasteiger partial charge in [-0.3, -0.25) is 14.7 Å². The van der Waals surface area contributed by atoms with Crippen LogP contribution in [0, 0.1) is 17.2 Å². The summed E-state index contributed by atoms with van der Waals surface area (Å²) in [5.74, 6) is 0.922. The number of carbonyl (C=O) groups is 1. The van der Waals surface area contributed by atoms with E-state index in [9.17, 15) is 20.3 Å². The van der Waals surface area contributed by atoms with Gasteiger partial charge in [0, 0.05) is 30.5 Å². The second-order valence-electron chi connectivity index (χ2n) is 10.9. The highest BCUT2D eigenvalue weighted by Gasteiger charge is 2.73.